The van der Waals surface area contributed by atoms with Gasteiger partial charge in [0.2, 0.25) is 10.0 Å². The minimum atomic E-state index is -3.55. The summed E-state index contributed by atoms with van der Waals surface area (Å²) in [5.41, 5.74) is 2.08. The van der Waals surface area contributed by atoms with E-state index >= 15 is 0 Å². The first-order valence-corrected chi connectivity index (χ1v) is 11.5. The molecule has 0 atom stereocenters. The van der Waals surface area contributed by atoms with Gasteiger partial charge in [-0.2, -0.15) is 4.31 Å². The fraction of sp³-hybridized carbons (Fsp3) is 0.476. The molecule has 1 aliphatic rings. The third-order valence-electron chi connectivity index (χ3n) is 5.34. The van der Waals surface area contributed by atoms with Crippen LogP contribution in [0.2, 0.25) is 0 Å². The quantitative estimate of drug-likeness (QED) is 0.749. The lowest BCUT2D eigenvalue weighted by atomic mass is 10.2. The zero-order valence-corrected chi connectivity index (χ0v) is 18.4. The Morgan fingerprint density at radius 2 is 1.79 bits per heavy atom. The topological polar surface area (TPSA) is 74.7 Å². The molecule has 29 heavy (non-hydrogen) atoms. The zero-order chi connectivity index (χ0) is 21.2. The van der Waals surface area contributed by atoms with Crippen molar-refractivity contribution < 1.29 is 13.2 Å². The van der Waals surface area contributed by atoms with Gasteiger partial charge in [-0.05, 0) is 63.9 Å². The van der Waals surface area contributed by atoms with E-state index in [1.807, 2.05) is 24.3 Å². The summed E-state index contributed by atoms with van der Waals surface area (Å²) < 4.78 is 28.5. The largest absolute Gasteiger partial charge is 0.369 e. The molecule has 1 N–H and O–H groups in total. The van der Waals surface area contributed by atoms with Crippen molar-refractivity contribution in [3.63, 3.8) is 0 Å². The fourth-order valence-electron chi connectivity index (χ4n) is 3.76. The molecule has 3 rings (SSSR count). The lowest BCUT2D eigenvalue weighted by Crippen LogP contribution is -2.30. The van der Waals surface area contributed by atoms with Crippen LogP contribution in [0.4, 0.5) is 11.4 Å². The lowest BCUT2D eigenvalue weighted by molar-refractivity contribution is 0.101. The summed E-state index contributed by atoms with van der Waals surface area (Å²) in [7, 11) is -1.86. The minimum Gasteiger partial charge on any atom is -0.369 e. The van der Waals surface area contributed by atoms with Crippen LogP contribution in [0.1, 0.15) is 44.1 Å². The van der Waals surface area contributed by atoms with Gasteiger partial charge in [-0.1, -0.05) is 0 Å². The van der Waals surface area contributed by atoms with Crippen LogP contribution in [-0.4, -0.2) is 48.9 Å². The van der Waals surface area contributed by atoms with E-state index < -0.39 is 10.0 Å². The monoisotopic (exact) mass is 418 g/mol. The second kappa shape index (κ2) is 8.59. The third kappa shape index (κ3) is 4.48. The van der Waals surface area contributed by atoms with Crippen LogP contribution in [0, 0.1) is 0 Å². The molecular weight excluding hydrogens is 388 g/mol. The summed E-state index contributed by atoms with van der Waals surface area (Å²) in [5, 5.41) is 2.86. The average molecular weight is 419 g/mol. The molecule has 1 aromatic carbocycles. The molecule has 1 fully saturated rings. The maximum Gasteiger partial charge on any atom is 0.272 e. The number of hydrogen-bond acceptors (Lipinski definition) is 4. The van der Waals surface area contributed by atoms with Gasteiger partial charge in [0.1, 0.15) is 10.6 Å². The van der Waals surface area contributed by atoms with Gasteiger partial charge in [0, 0.05) is 50.3 Å². The number of sulfonamides is 1. The highest BCUT2D eigenvalue weighted by molar-refractivity contribution is 7.89. The van der Waals surface area contributed by atoms with E-state index in [9.17, 15) is 13.2 Å². The van der Waals surface area contributed by atoms with Gasteiger partial charge in [0.15, 0.2) is 0 Å². The first-order valence-electron chi connectivity index (χ1n) is 10.1. The minimum absolute atomic E-state index is 0.165. The van der Waals surface area contributed by atoms with Crippen LogP contribution in [0.25, 0.3) is 0 Å². The standard InChI is InChI=1S/C21H30N4O3S/c1-5-25(16(2)3)18-10-8-17(9-11-18)22-21(26)20-14-19(15-23(20)4)29(27,28)24-12-6-7-13-24/h8-11,14-16H,5-7,12-13H2,1-4H3,(H,22,26). The second-order valence-corrected chi connectivity index (χ2v) is 9.60. The Bertz CT molecular complexity index is 958. The lowest BCUT2D eigenvalue weighted by Gasteiger charge is -2.27. The molecule has 0 aliphatic carbocycles. The molecule has 158 valence electrons. The molecule has 8 heteroatoms. The summed E-state index contributed by atoms with van der Waals surface area (Å²) in [5.74, 6) is -0.334. The third-order valence-corrected chi connectivity index (χ3v) is 7.20. The molecule has 2 aromatic rings. The smallest absolute Gasteiger partial charge is 0.272 e. The maximum absolute atomic E-state index is 12.7. The number of anilines is 2. The van der Waals surface area contributed by atoms with E-state index in [0.717, 1.165) is 25.1 Å². The van der Waals surface area contributed by atoms with Crippen LogP contribution in [0.15, 0.2) is 41.4 Å². The number of nitrogens with one attached hydrogen (secondary N) is 1. The van der Waals surface area contributed by atoms with Gasteiger partial charge in [-0.25, -0.2) is 8.42 Å². The molecule has 0 saturated carbocycles. The van der Waals surface area contributed by atoms with Gasteiger partial charge >= 0.3 is 0 Å². The molecule has 2 heterocycles. The van der Waals surface area contributed by atoms with Crippen LogP contribution in [0.3, 0.4) is 0 Å². The number of aryl methyl sites for hydroxylation is 1. The highest BCUT2D eigenvalue weighted by Gasteiger charge is 2.29. The van der Waals surface area contributed by atoms with E-state index in [2.05, 4.69) is 31.0 Å². The SMILES string of the molecule is CCN(c1ccc(NC(=O)c2cc(S(=O)(=O)N3CCCC3)cn2C)cc1)C(C)C. The summed E-state index contributed by atoms with van der Waals surface area (Å²) in [6.45, 7) is 8.37. The number of rotatable bonds is 7. The van der Waals surface area contributed by atoms with Crippen molar-refractivity contribution in [1.29, 1.82) is 0 Å². The Labute approximate surface area is 173 Å². The van der Waals surface area contributed by atoms with Crippen molar-refractivity contribution in [2.45, 2.75) is 44.6 Å². The van der Waals surface area contributed by atoms with E-state index in [-0.39, 0.29) is 10.8 Å². The maximum atomic E-state index is 12.7. The van der Waals surface area contributed by atoms with Gasteiger partial charge in [-0.15, -0.1) is 0 Å². The molecular formula is C21H30N4O3S. The van der Waals surface area contributed by atoms with Crippen molar-refractivity contribution in [3.05, 3.63) is 42.2 Å². The van der Waals surface area contributed by atoms with Gasteiger partial charge in [-0.3, -0.25) is 4.79 Å². The summed E-state index contributed by atoms with van der Waals surface area (Å²) in [6.07, 6.45) is 3.26. The Morgan fingerprint density at radius 1 is 1.17 bits per heavy atom. The first-order chi connectivity index (χ1) is 13.7. The normalized spacial score (nSPS) is 15.1. The molecule has 0 unspecified atom stereocenters. The van der Waals surface area contributed by atoms with E-state index in [4.69, 9.17) is 0 Å². The molecule has 1 amide bonds. The molecule has 0 bridgehead atoms. The summed E-state index contributed by atoms with van der Waals surface area (Å²) in [4.78, 5) is 15.2. The molecule has 1 aromatic heterocycles. The number of amides is 1. The predicted octanol–water partition coefficient (Wildman–Crippen LogP) is 3.30. The van der Waals surface area contributed by atoms with Crippen LogP contribution in [0.5, 0.6) is 0 Å². The zero-order valence-electron chi connectivity index (χ0n) is 17.6. The van der Waals surface area contributed by atoms with Gasteiger partial charge in [0.25, 0.3) is 5.91 Å². The fourth-order valence-corrected chi connectivity index (χ4v) is 5.34. The highest BCUT2D eigenvalue weighted by atomic mass is 32.2. The first kappa shape index (κ1) is 21.4. The Balaban J connectivity index is 1.75. The number of carbonyl (C=O) groups excluding carboxylic acids is 1. The van der Waals surface area contributed by atoms with E-state index in [0.29, 0.717) is 30.5 Å². The summed E-state index contributed by atoms with van der Waals surface area (Å²) >= 11 is 0. The Morgan fingerprint density at radius 3 is 2.34 bits per heavy atom. The number of benzene rings is 1. The molecule has 0 radical (unpaired) electrons. The number of aromatic nitrogens is 1. The van der Waals surface area contributed by atoms with Gasteiger partial charge < -0.3 is 14.8 Å². The predicted molar refractivity (Wildman–Crippen MR) is 116 cm³/mol. The van der Waals surface area contributed by atoms with Crippen molar-refractivity contribution >= 4 is 27.3 Å². The van der Waals surface area contributed by atoms with E-state index in [1.54, 1.807) is 11.6 Å². The van der Waals surface area contributed by atoms with Gasteiger partial charge in [0.05, 0.1) is 0 Å². The summed E-state index contributed by atoms with van der Waals surface area (Å²) in [6, 6.07) is 9.53. The molecule has 1 saturated heterocycles. The van der Waals surface area contributed by atoms with Crippen molar-refractivity contribution in [1.82, 2.24) is 8.87 Å². The second-order valence-electron chi connectivity index (χ2n) is 7.66. The number of nitrogens with zero attached hydrogens (tertiary/aromatic N) is 3. The van der Waals surface area contributed by atoms with Crippen LogP contribution < -0.4 is 10.2 Å². The van der Waals surface area contributed by atoms with Crippen molar-refractivity contribution in [2.75, 3.05) is 29.9 Å². The number of carbonyl (C=O) groups is 1. The highest BCUT2D eigenvalue weighted by Crippen LogP contribution is 2.24. The number of hydrogen-bond donors (Lipinski definition) is 1. The molecule has 1 aliphatic heterocycles. The van der Waals surface area contributed by atoms with Crippen LogP contribution >= 0.6 is 0 Å². The molecule has 7 nitrogen and oxygen atoms in total. The van der Waals surface area contributed by atoms with Crippen molar-refractivity contribution in [3.8, 4) is 0 Å². The Kier molecular flexibility index (Phi) is 6.33. The van der Waals surface area contributed by atoms with Crippen LogP contribution in [-0.2, 0) is 17.1 Å². The van der Waals surface area contributed by atoms with Crippen molar-refractivity contribution in [2.24, 2.45) is 7.05 Å². The molecule has 0 spiro atoms. The average Bonchev–Trinajstić information content (AvgIpc) is 3.34. The Hall–Kier alpha value is -2.32. The van der Waals surface area contributed by atoms with E-state index in [1.165, 1.54) is 16.6 Å².